The molecule has 5 nitrogen and oxygen atoms in total. The minimum atomic E-state index is 0.805. The summed E-state index contributed by atoms with van der Waals surface area (Å²) in [5.41, 5.74) is 6.01. The number of nitrogens with zero attached hydrogens (tertiary/aromatic N) is 4. The summed E-state index contributed by atoms with van der Waals surface area (Å²) in [6.07, 6.45) is 3.56. The Morgan fingerprint density at radius 3 is 2.71 bits per heavy atom. The molecule has 0 saturated heterocycles. The molecule has 0 bridgehead atoms. The molecule has 2 aromatic carbocycles. The Morgan fingerprint density at radius 2 is 1.79 bits per heavy atom. The quantitative estimate of drug-likeness (QED) is 0.421. The maximum Gasteiger partial charge on any atom is 0.215 e. The molecule has 5 heteroatoms. The van der Waals surface area contributed by atoms with Gasteiger partial charge >= 0.3 is 0 Å². The molecule has 114 valence electrons. The van der Waals surface area contributed by atoms with Crippen molar-refractivity contribution in [3.8, 4) is 0 Å². The molecule has 24 heavy (non-hydrogen) atoms. The van der Waals surface area contributed by atoms with E-state index in [2.05, 4.69) is 51.3 Å². The van der Waals surface area contributed by atoms with Crippen LogP contribution >= 0.6 is 0 Å². The molecule has 0 fully saturated rings. The third-order valence-corrected chi connectivity index (χ3v) is 4.82. The van der Waals surface area contributed by atoms with Crippen molar-refractivity contribution in [1.82, 2.24) is 18.9 Å². The lowest BCUT2D eigenvalue weighted by molar-refractivity contribution is 0.667. The molecule has 0 N–H and O–H groups in total. The lowest BCUT2D eigenvalue weighted by atomic mass is 10.1. The van der Waals surface area contributed by atoms with E-state index < -0.39 is 0 Å². The number of para-hydroxylation sites is 2. The van der Waals surface area contributed by atoms with Gasteiger partial charge in [-0.15, -0.1) is 0 Å². The van der Waals surface area contributed by atoms with Gasteiger partial charge in [0.15, 0.2) is 5.58 Å². The first-order chi connectivity index (χ1) is 11.8. The number of imidazole rings is 2. The van der Waals surface area contributed by atoms with Gasteiger partial charge in [0, 0.05) is 30.1 Å². The molecule has 4 heterocycles. The summed E-state index contributed by atoms with van der Waals surface area (Å²) in [6.45, 7) is 0. The molecule has 6 aromatic rings. The van der Waals surface area contributed by atoms with Gasteiger partial charge in [0.05, 0.1) is 28.3 Å². The second-order valence-corrected chi connectivity index (χ2v) is 6.11. The normalized spacial score (nSPS) is 12.4. The van der Waals surface area contributed by atoms with E-state index in [4.69, 9.17) is 9.40 Å². The number of hydrogen-bond donors (Lipinski definition) is 0. The fraction of sp³-hybridized carbons (Fsp3) is 0.0526. The number of fused-ring (bicyclic) bond motifs is 8. The van der Waals surface area contributed by atoms with Crippen molar-refractivity contribution in [2.24, 2.45) is 7.05 Å². The SMILES string of the molecule is Cn1c2ccccc2n2c3cc4c(cc3nc12)oc1cnccc14. The van der Waals surface area contributed by atoms with Gasteiger partial charge in [0.25, 0.3) is 0 Å². The van der Waals surface area contributed by atoms with Crippen LogP contribution in [0.4, 0.5) is 0 Å². The van der Waals surface area contributed by atoms with E-state index in [1.807, 2.05) is 12.1 Å². The van der Waals surface area contributed by atoms with Gasteiger partial charge in [0.2, 0.25) is 5.78 Å². The van der Waals surface area contributed by atoms with Crippen molar-refractivity contribution >= 4 is 49.8 Å². The predicted octanol–water partition coefficient (Wildman–Crippen LogP) is 4.27. The summed E-state index contributed by atoms with van der Waals surface area (Å²) in [6, 6.07) is 14.5. The van der Waals surface area contributed by atoms with Crippen LogP contribution in [0.3, 0.4) is 0 Å². The van der Waals surface area contributed by atoms with Crippen LogP contribution in [-0.4, -0.2) is 18.9 Å². The average molecular weight is 312 g/mol. The third-order valence-electron chi connectivity index (χ3n) is 4.82. The first-order valence-electron chi connectivity index (χ1n) is 7.83. The second kappa shape index (κ2) is 3.94. The Morgan fingerprint density at radius 1 is 0.917 bits per heavy atom. The minimum Gasteiger partial charge on any atom is -0.454 e. The van der Waals surface area contributed by atoms with E-state index >= 15 is 0 Å². The first kappa shape index (κ1) is 12.1. The summed E-state index contributed by atoms with van der Waals surface area (Å²) in [4.78, 5) is 8.96. The van der Waals surface area contributed by atoms with Crippen LogP contribution in [-0.2, 0) is 7.05 Å². The molecular formula is C19H12N4O. The standard InChI is InChI=1S/C19H12N4O/c1-22-14-4-2-3-5-15(14)23-16-8-12-11-6-7-20-10-18(11)24-17(12)9-13(16)21-19(22)23/h2-10H,1H3. The van der Waals surface area contributed by atoms with Gasteiger partial charge in [-0.3, -0.25) is 9.38 Å². The van der Waals surface area contributed by atoms with Gasteiger partial charge in [-0.25, -0.2) is 4.98 Å². The number of furan rings is 1. The Kier molecular flexibility index (Phi) is 1.99. The highest BCUT2D eigenvalue weighted by molar-refractivity contribution is 6.09. The minimum absolute atomic E-state index is 0.805. The van der Waals surface area contributed by atoms with Crippen LogP contribution in [0.5, 0.6) is 0 Å². The van der Waals surface area contributed by atoms with E-state index in [9.17, 15) is 0 Å². The van der Waals surface area contributed by atoms with Gasteiger partial charge in [-0.05, 0) is 24.3 Å². The van der Waals surface area contributed by atoms with Gasteiger partial charge in [-0.1, -0.05) is 12.1 Å². The molecule has 0 saturated carbocycles. The third kappa shape index (κ3) is 1.31. The zero-order valence-electron chi connectivity index (χ0n) is 12.9. The lowest BCUT2D eigenvalue weighted by Crippen LogP contribution is -1.87. The Hall–Kier alpha value is -3.34. The Balaban J connectivity index is 1.89. The molecule has 6 rings (SSSR count). The van der Waals surface area contributed by atoms with Crippen molar-refractivity contribution in [2.75, 3.05) is 0 Å². The lowest BCUT2D eigenvalue weighted by Gasteiger charge is -1.95. The number of aryl methyl sites for hydroxylation is 1. The zero-order chi connectivity index (χ0) is 15.8. The highest BCUT2D eigenvalue weighted by Gasteiger charge is 2.16. The van der Waals surface area contributed by atoms with Crippen molar-refractivity contribution in [1.29, 1.82) is 0 Å². The summed E-state index contributed by atoms with van der Waals surface area (Å²) >= 11 is 0. The maximum absolute atomic E-state index is 5.93. The molecule has 0 aliphatic carbocycles. The maximum atomic E-state index is 5.93. The topological polar surface area (TPSA) is 48.3 Å². The van der Waals surface area contributed by atoms with Crippen LogP contribution in [0.2, 0.25) is 0 Å². The molecule has 4 aromatic heterocycles. The highest BCUT2D eigenvalue weighted by atomic mass is 16.3. The Bertz CT molecular complexity index is 1420. The number of pyridine rings is 1. The van der Waals surface area contributed by atoms with Crippen LogP contribution < -0.4 is 0 Å². The van der Waals surface area contributed by atoms with Crippen LogP contribution in [0.1, 0.15) is 0 Å². The fourth-order valence-electron chi connectivity index (χ4n) is 3.70. The molecule has 0 unspecified atom stereocenters. The number of hydrogen-bond acceptors (Lipinski definition) is 3. The predicted molar refractivity (Wildman–Crippen MR) is 94.2 cm³/mol. The van der Waals surface area contributed by atoms with Gasteiger partial charge in [-0.2, -0.15) is 0 Å². The fourth-order valence-corrected chi connectivity index (χ4v) is 3.70. The molecule has 0 aliphatic heterocycles. The zero-order valence-corrected chi connectivity index (χ0v) is 12.9. The number of benzene rings is 2. The van der Waals surface area contributed by atoms with Crippen molar-refractivity contribution < 1.29 is 4.42 Å². The highest BCUT2D eigenvalue weighted by Crippen LogP contribution is 2.33. The summed E-state index contributed by atoms with van der Waals surface area (Å²) < 4.78 is 10.3. The van der Waals surface area contributed by atoms with Crippen LogP contribution in [0, 0.1) is 0 Å². The summed E-state index contributed by atoms with van der Waals surface area (Å²) in [5.74, 6) is 0.935. The van der Waals surface area contributed by atoms with Crippen molar-refractivity contribution in [2.45, 2.75) is 0 Å². The van der Waals surface area contributed by atoms with Gasteiger partial charge < -0.3 is 8.98 Å². The number of aromatic nitrogens is 4. The van der Waals surface area contributed by atoms with E-state index in [-0.39, 0.29) is 0 Å². The molecular weight excluding hydrogens is 300 g/mol. The first-order valence-corrected chi connectivity index (χ1v) is 7.83. The van der Waals surface area contributed by atoms with E-state index in [1.165, 1.54) is 5.52 Å². The summed E-state index contributed by atoms with van der Waals surface area (Å²) in [5, 5.41) is 2.17. The molecule has 0 spiro atoms. The average Bonchev–Trinajstić information content (AvgIpc) is 3.24. The molecule has 0 radical (unpaired) electrons. The molecule has 0 aliphatic rings. The van der Waals surface area contributed by atoms with Gasteiger partial charge in [0.1, 0.15) is 5.58 Å². The van der Waals surface area contributed by atoms with E-state index in [0.717, 1.165) is 44.3 Å². The molecule has 0 amide bonds. The molecule has 0 atom stereocenters. The Labute approximate surface area is 135 Å². The number of rotatable bonds is 0. The monoisotopic (exact) mass is 312 g/mol. The summed E-state index contributed by atoms with van der Waals surface area (Å²) in [7, 11) is 2.05. The van der Waals surface area contributed by atoms with Crippen molar-refractivity contribution in [3.05, 3.63) is 54.9 Å². The second-order valence-electron chi connectivity index (χ2n) is 6.11. The van der Waals surface area contributed by atoms with E-state index in [0.29, 0.717) is 0 Å². The smallest absolute Gasteiger partial charge is 0.215 e. The van der Waals surface area contributed by atoms with Crippen LogP contribution in [0.25, 0.3) is 49.8 Å². The largest absolute Gasteiger partial charge is 0.454 e. The van der Waals surface area contributed by atoms with Crippen molar-refractivity contribution in [3.63, 3.8) is 0 Å². The van der Waals surface area contributed by atoms with Crippen LogP contribution in [0.15, 0.2) is 59.3 Å². The van der Waals surface area contributed by atoms with E-state index in [1.54, 1.807) is 12.4 Å².